The van der Waals surface area contributed by atoms with Crippen LogP contribution in [0.5, 0.6) is 0 Å². The highest BCUT2D eigenvalue weighted by Gasteiger charge is 2.26. The summed E-state index contributed by atoms with van der Waals surface area (Å²) in [5.74, 6) is 0.258. The van der Waals surface area contributed by atoms with Gasteiger partial charge in [-0.3, -0.25) is 24.5 Å². The summed E-state index contributed by atoms with van der Waals surface area (Å²) in [6, 6.07) is 4.02. The largest absolute Gasteiger partial charge is 0.379 e. The maximum atomic E-state index is 13.0. The fourth-order valence-electron chi connectivity index (χ4n) is 5.17. The van der Waals surface area contributed by atoms with Gasteiger partial charge in [0.1, 0.15) is 0 Å². The van der Waals surface area contributed by atoms with E-state index in [9.17, 15) is 4.79 Å². The summed E-state index contributed by atoms with van der Waals surface area (Å²) < 4.78 is 7.37. The number of piperazine rings is 1. The van der Waals surface area contributed by atoms with Crippen molar-refractivity contribution in [1.82, 2.24) is 34.4 Å². The molecule has 3 aliphatic heterocycles. The molecule has 2 saturated heterocycles. The Labute approximate surface area is 202 Å². The van der Waals surface area contributed by atoms with E-state index >= 15 is 0 Å². The number of carbonyl (C=O) groups is 1. The molecule has 0 N–H and O–H groups in total. The van der Waals surface area contributed by atoms with Gasteiger partial charge in [-0.05, 0) is 38.6 Å². The van der Waals surface area contributed by atoms with Crippen LogP contribution in [0.3, 0.4) is 0 Å². The molecule has 34 heavy (non-hydrogen) atoms. The third-order valence-corrected chi connectivity index (χ3v) is 7.22. The number of hydrogen-bond donors (Lipinski definition) is 0. The van der Waals surface area contributed by atoms with E-state index in [4.69, 9.17) is 9.84 Å². The molecule has 0 radical (unpaired) electrons. The highest BCUT2D eigenvalue weighted by molar-refractivity contribution is 5.78. The van der Waals surface area contributed by atoms with Crippen molar-refractivity contribution in [3.63, 3.8) is 0 Å². The van der Waals surface area contributed by atoms with E-state index in [-0.39, 0.29) is 5.91 Å². The Bertz CT molecular complexity index is 964. The molecule has 3 aliphatic rings. The van der Waals surface area contributed by atoms with Gasteiger partial charge in [-0.1, -0.05) is 0 Å². The molecule has 0 unspecified atom stereocenters. The van der Waals surface area contributed by atoms with Crippen LogP contribution >= 0.6 is 0 Å². The summed E-state index contributed by atoms with van der Waals surface area (Å²) in [5.41, 5.74) is 4.38. The van der Waals surface area contributed by atoms with Crippen molar-refractivity contribution >= 4 is 5.91 Å². The fraction of sp³-hybridized carbons (Fsp3) is 0.640. The molecule has 2 aromatic rings. The lowest BCUT2D eigenvalue weighted by molar-refractivity contribution is -0.134. The van der Waals surface area contributed by atoms with E-state index in [0.717, 1.165) is 102 Å². The molecule has 0 bridgehead atoms. The molecular formula is C25H37N7O2. The predicted octanol–water partition coefficient (Wildman–Crippen LogP) is 0.800. The van der Waals surface area contributed by atoms with Crippen LogP contribution in [0.15, 0.2) is 24.5 Å². The molecule has 184 valence electrons. The van der Waals surface area contributed by atoms with Crippen molar-refractivity contribution in [2.75, 3.05) is 78.7 Å². The number of aryl methyl sites for hydroxylation is 1. The van der Waals surface area contributed by atoms with Crippen molar-refractivity contribution in [1.29, 1.82) is 0 Å². The van der Waals surface area contributed by atoms with Crippen molar-refractivity contribution in [2.24, 2.45) is 0 Å². The minimum atomic E-state index is 0.258. The van der Waals surface area contributed by atoms with Crippen molar-refractivity contribution < 1.29 is 9.53 Å². The number of rotatable bonds is 7. The highest BCUT2D eigenvalue weighted by atomic mass is 16.5. The van der Waals surface area contributed by atoms with Gasteiger partial charge in [0.2, 0.25) is 5.91 Å². The first-order chi connectivity index (χ1) is 16.6. The van der Waals surface area contributed by atoms with Crippen LogP contribution in [0.4, 0.5) is 0 Å². The van der Waals surface area contributed by atoms with E-state index in [1.807, 2.05) is 29.9 Å². The molecule has 5 heterocycles. The maximum Gasteiger partial charge on any atom is 0.236 e. The molecule has 9 nitrogen and oxygen atoms in total. The van der Waals surface area contributed by atoms with E-state index in [0.29, 0.717) is 6.54 Å². The van der Waals surface area contributed by atoms with Gasteiger partial charge in [0, 0.05) is 82.4 Å². The number of carbonyl (C=O) groups excluding carboxylic acids is 1. The summed E-state index contributed by atoms with van der Waals surface area (Å²) in [6.07, 6.45) is 6.00. The molecule has 1 amide bonds. The summed E-state index contributed by atoms with van der Waals surface area (Å²) >= 11 is 0. The third-order valence-electron chi connectivity index (χ3n) is 7.22. The summed E-state index contributed by atoms with van der Waals surface area (Å²) in [5, 5.41) is 4.78. The molecule has 0 aliphatic carbocycles. The SMILES string of the molecule is Cc1cc(-n2cc3c(n2)CCN(CC(=O)N2CCN(CCCN4CCOCC4)CC2)C3)ccn1. The number of amides is 1. The minimum absolute atomic E-state index is 0.258. The number of morpholine rings is 1. The van der Waals surface area contributed by atoms with Crippen LogP contribution in [-0.2, 0) is 22.5 Å². The molecule has 0 spiro atoms. The van der Waals surface area contributed by atoms with Gasteiger partial charge < -0.3 is 9.64 Å². The number of pyridine rings is 1. The van der Waals surface area contributed by atoms with E-state index in [1.165, 1.54) is 12.0 Å². The van der Waals surface area contributed by atoms with E-state index in [1.54, 1.807) is 0 Å². The molecule has 0 aromatic carbocycles. The molecule has 2 aromatic heterocycles. The number of ether oxygens (including phenoxy) is 1. The van der Waals surface area contributed by atoms with E-state index < -0.39 is 0 Å². The molecule has 2 fully saturated rings. The lowest BCUT2D eigenvalue weighted by Crippen LogP contribution is -2.51. The van der Waals surface area contributed by atoms with Crippen LogP contribution in [-0.4, -0.2) is 119 Å². The van der Waals surface area contributed by atoms with Crippen LogP contribution < -0.4 is 0 Å². The fourth-order valence-corrected chi connectivity index (χ4v) is 5.17. The van der Waals surface area contributed by atoms with E-state index in [2.05, 4.69) is 30.8 Å². The minimum Gasteiger partial charge on any atom is -0.379 e. The summed E-state index contributed by atoms with van der Waals surface area (Å²) in [4.78, 5) is 26.6. The summed E-state index contributed by atoms with van der Waals surface area (Å²) in [7, 11) is 0. The maximum absolute atomic E-state index is 13.0. The van der Waals surface area contributed by atoms with Crippen molar-refractivity contribution in [2.45, 2.75) is 26.3 Å². The molecule has 0 saturated carbocycles. The molecule has 9 heteroatoms. The number of hydrogen-bond acceptors (Lipinski definition) is 7. The van der Waals surface area contributed by atoms with Gasteiger partial charge in [-0.25, -0.2) is 4.68 Å². The first-order valence-corrected chi connectivity index (χ1v) is 12.7. The van der Waals surface area contributed by atoms with Crippen molar-refractivity contribution in [3.8, 4) is 5.69 Å². The standard InChI is InChI=1S/C25H37N7O2/c1-21-17-23(3-5-26-21)32-19-22-18-30(8-4-24(22)27-32)20-25(33)31-11-9-28(10-12-31)6-2-7-29-13-15-34-16-14-29/h3,5,17,19H,2,4,6-16,18,20H2,1H3. The predicted molar refractivity (Wildman–Crippen MR) is 130 cm³/mol. The Morgan fingerprint density at radius 2 is 1.76 bits per heavy atom. The number of aromatic nitrogens is 3. The Morgan fingerprint density at radius 3 is 2.53 bits per heavy atom. The topological polar surface area (TPSA) is 70.0 Å². The van der Waals surface area contributed by atoms with Gasteiger partial charge in [-0.15, -0.1) is 0 Å². The van der Waals surface area contributed by atoms with Gasteiger partial charge in [0.15, 0.2) is 0 Å². The number of fused-ring (bicyclic) bond motifs is 1. The van der Waals surface area contributed by atoms with Crippen LogP contribution in [0.1, 0.15) is 23.4 Å². The van der Waals surface area contributed by atoms with Gasteiger partial charge in [-0.2, -0.15) is 5.10 Å². The van der Waals surface area contributed by atoms with Gasteiger partial charge in [0.25, 0.3) is 0 Å². The zero-order valence-electron chi connectivity index (χ0n) is 20.4. The first kappa shape index (κ1) is 23.4. The second-order valence-corrected chi connectivity index (χ2v) is 9.69. The second-order valence-electron chi connectivity index (χ2n) is 9.69. The van der Waals surface area contributed by atoms with Gasteiger partial charge >= 0.3 is 0 Å². The molecule has 5 rings (SSSR count). The monoisotopic (exact) mass is 467 g/mol. The Kier molecular flexibility index (Phi) is 7.54. The lowest BCUT2D eigenvalue weighted by atomic mass is 10.1. The van der Waals surface area contributed by atoms with Gasteiger partial charge in [0.05, 0.1) is 31.1 Å². The smallest absolute Gasteiger partial charge is 0.236 e. The summed E-state index contributed by atoms with van der Waals surface area (Å²) in [6.45, 7) is 13.9. The molecular weight excluding hydrogens is 430 g/mol. The van der Waals surface area contributed by atoms with Crippen molar-refractivity contribution in [3.05, 3.63) is 41.5 Å². The average molecular weight is 468 g/mol. The first-order valence-electron chi connectivity index (χ1n) is 12.7. The zero-order valence-corrected chi connectivity index (χ0v) is 20.4. The Morgan fingerprint density at radius 1 is 1.00 bits per heavy atom. The Hall–Kier alpha value is -2.33. The van der Waals surface area contributed by atoms with Crippen LogP contribution in [0, 0.1) is 6.92 Å². The Balaban J connectivity index is 1.05. The zero-order chi connectivity index (χ0) is 23.3. The molecule has 0 atom stereocenters. The highest BCUT2D eigenvalue weighted by Crippen LogP contribution is 2.20. The average Bonchev–Trinajstić information content (AvgIpc) is 3.29. The second kappa shape index (κ2) is 10.9. The number of nitrogens with zero attached hydrogens (tertiary/aromatic N) is 7. The normalized spacial score (nSPS) is 20.4. The third kappa shape index (κ3) is 5.83. The van der Waals surface area contributed by atoms with Crippen LogP contribution in [0.2, 0.25) is 0 Å². The lowest BCUT2D eigenvalue weighted by Gasteiger charge is -2.36. The quantitative estimate of drug-likeness (QED) is 0.597. The van der Waals surface area contributed by atoms with Crippen LogP contribution in [0.25, 0.3) is 5.69 Å².